The summed E-state index contributed by atoms with van der Waals surface area (Å²) < 4.78 is 5.11. The molecule has 3 N–H and O–H groups in total. The van der Waals surface area contributed by atoms with Crippen molar-refractivity contribution >= 4 is 47.2 Å². The molecule has 1 saturated heterocycles. The number of hydrogen-bond acceptors (Lipinski definition) is 9. The quantitative estimate of drug-likeness (QED) is 0.320. The van der Waals surface area contributed by atoms with Crippen molar-refractivity contribution < 1.29 is 14.3 Å². The molecule has 1 aromatic rings. The third-order valence-electron chi connectivity index (χ3n) is 3.28. The van der Waals surface area contributed by atoms with Crippen LogP contribution in [0.3, 0.4) is 0 Å². The number of amides is 1. The second-order valence-corrected chi connectivity index (χ2v) is 8.21. The van der Waals surface area contributed by atoms with Gasteiger partial charge >= 0.3 is 5.97 Å². The molecule has 8 nitrogen and oxygen atoms in total. The Hall–Kier alpha value is -1.17. The topological polar surface area (TPSA) is 114 Å². The first-order valence-corrected chi connectivity index (χ1v) is 9.87. The van der Waals surface area contributed by atoms with E-state index in [2.05, 4.69) is 15.4 Å². The zero-order valence-electron chi connectivity index (χ0n) is 12.2. The average Bonchev–Trinajstić information content (AvgIpc) is 3.07. The Morgan fingerprint density at radius 2 is 2.43 bits per heavy atom. The molecule has 0 bridgehead atoms. The van der Waals surface area contributed by atoms with Crippen LogP contribution in [-0.4, -0.2) is 61.0 Å². The fourth-order valence-electron chi connectivity index (χ4n) is 2.21. The van der Waals surface area contributed by atoms with Gasteiger partial charge in [0.25, 0.3) is 0 Å². The fraction of sp³-hybridized carbons (Fsp3) is 0.500. The van der Waals surface area contributed by atoms with Crippen LogP contribution in [0.1, 0.15) is 6.92 Å². The van der Waals surface area contributed by atoms with Gasteiger partial charge in [-0.15, -0.1) is 28.6 Å². The minimum Gasteiger partial charge on any atom is -0.461 e. The predicted molar refractivity (Wildman–Crippen MR) is 89.4 cm³/mol. The molecule has 3 heterocycles. The number of fused-ring (bicyclic) bond motifs is 1. The molecule has 0 radical (unpaired) electrons. The Morgan fingerprint density at radius 1 is 1.61 bits per heavy atom. The number of carbonyl (C=O) groups excluding carboxylic acids is 2. The molecule has 3 rings (SSSR count). The Morgan fingerprint density at radius 3 is 3.13 bits per heavy atom. The number of nitrogens with two attached hydrogens (primary N) is 1. The van der Waals surface area contributed by atoms with Gasteiger partial charge in [0, 0.05) is 15.7 Å². The van der Waals surface area contributed by atoms with Crippen molar-refractivity contribution in [3.05, 3.63) is 16.8 Å². The molecular formula is C12H15N5O3S3. The first kappa shape index (κ1) is 16.7. The van der Waals surface area contributed by atoms with Gasteiger partial charge in [0.15, 0.2) is 0 Å². The van der Waals surface area contributed by atoms with Crippen LogP contribution in [0.25, 0.3) is 0 Å². The number of rotatable bonds is 6. The molecular weight excluding hydrogens is 358 g/mol. The maximum atomic E-state index is 12.3. The van der Waals surface area contributed by atoms with Crippen molar-refractivity contribution in [2.75, 3.05) is 17.4 Å². The minimum atomic E-state index is -0.540. The van der Waals surface area contributed by atoms with Crippen molar-refractivity contribution in [3.63, 3.8) is 0 Å². The summed E-state index contributed by atoms with van der Waals surface area (Å²) in [6.07, 6.45) is 1.63. The molecule has 1 unspecified atom stereocenters. The molecule has 1 amide bonds. The number of thioether (sulfide) groups is 3. The smallest absolute Gasteiger partial charge is 0.355 e. The Bertz CT molecular complexity index is 636. The third kappa shape index (κ3) is 3.23. The van der Waals surface area contributed by atoms with Gasteiger partial charge in [0.05, 0.1) is 12.8 Å². The number of hydrogen-bond donors (Lipinski definition) is 2. The first-order valence-electron chi connectivity index (χ1n) is 6.85. The highest BCUT2D eigenvalue weighted by atomic mass is 32.2. The van der Waals surface area contributed by atoms with Gasteiger partial charge in [-0.05, 0) is 6.92 Å². The maximum absolute atomic E-state index is 12.3. The lowest BCUT2D eigenvalue weighted by Gasteiger charge is -2.48. The number of aromatic nitrogens is 3. The fourth-order valence-corrected chi connectivity index (χ4v) is 5.75. The summed E-state index contributed by atoms with van der Waals surface area (Å²) in [5, 5.41) is 11.5. The SMILES string of the molecule is CCOC(=O)C1=C(SCSc2cnn[nH]2)CS[C@H]2C(N)C(=O)N12. The van der Waals surface area contributed by atoms with E-state index in [0.717, 1.165) is 9.93 Å². The second kappa shape index (κ2) is 7.16. The predicted octanol–water partition coefficient (Wildman–Crippen LogP) is 0.605. The van der Waals surface area contributed by atoms with E-state index in [4.69, 9.17) is 10.5 Å². The third-order valence-corrected chi connectivity index (χ3v) is 6.90. The Kier molecular flexibility index (Phi) is 5.19. The molecule has 124 valence electrons. The van der Waals surface area contributed by atoms with Crippen LogP contribution < -0.4 is 5.73 Å². The van der Waals surface area contributed by atoms with Crippen LogP contribution in [-0.2, 0) is 14.3 Å². The van der Waals surface area contributed by atoms with Gasteiger partial charge in [-0.25, -0.2) is 4.79 Å². The number of nitrogens with one attached hydrogen (secondary N) is 1. The molecule has 1 fully saturated rings. The van der Waals surface area contributed by atoms with Crippen molar-refractivity contribution in [1.29, 1.82) is 0 Å². The minimum absolute atomic E-state index is 0.171. The van der Waals surface area contributed by atoms with E-state index in [9.17, 15) is 9.59 Å². The Balaban J connectivity index is 1.75. The normalized spacial score (nSPS) is 23.6. The van der Waals surface area contributed by atoms with Gasteiger partial charge < -0.3 is 10.5 Å². The molecule has 2 aliphatic heterocycles. The zero-order valence-corrected chi connectivity index (χ0v) is 14.7. The monoisotopic (exact) mass is 373 g/mol. The summed E-state index contributed by atoms with van der Waals surface area (Å²) in [4.78, 5) is 26.6. The second-order valence-electron chi connectivity index (χ2n) is 4.65. The largest absolute Gasteiger partial charge is 0.461 e. The highest BCUT2D eigenvalue weighted by molar-refractivity contribution is 8.18. The summed E-state index contributed by atoms with van der Waals surface area (Å²) in [5.74, 6) is -0.0505. The van der Waals surface area contributed by atoms with Crippen LogP contribution in [0.4, 0.5) is 0 Å². The van der Waals surface area contributed by atoms with E-state index in [-0.39, 0.29) is 17.9 Å². The van der Waals surface area contributed by atoms with Crippen molar-refractivity contribution in [3.8, 4) is 0 Å². The van der Waals surface area contributed by atoms with E-state index in [1.807, 2.05) is 0 Å². The molecule has 0 spiro atoms. The molecule has 2 atom stereocenters. The van der Waals surface area contributed by atoms with Gasteiger partial charge in [-0.1, -0.05) is 17.0 Å². The number of ether oxygens (including phenoxy) is 1. The molecule has 0 saturated carbocycles. The number of carbonyl (C=O) groups is 2. The number of nitrogens with zero attached hydrogens (tertiary/aromatic N) is 3. The van der Waals surface area contributed by atoms with Crippen LogP contribution in [0.15, 0.2) is 21.8 Å². The van der Waals surface area contributed by atoms with Crippen molar-refractivity contribution in [2.24, 2.45) is 5.73 Å². The number of esters is 1. The molecule has 2 aliphatic rings. The summed E-state index contributed by atoms with van der Waals surface area (Å²) in [6.45, 7) is 2.01. The van der Waals surface area contributed by atoms with Gasteiger partial charge in [0.2, 0.25) is 5.91 Å². The first-order chi connectivity index (χ1) is 11.1. The summed E-state index contributed by atoms with van der Waals surface area (Å²) in [7, 11) is 0. The lowest BCUT2D eigenvalue weighted by molar-refractivity contribution is -0.150. The number of H-pyrrole nitrogens is 1. The molecule has 23 heavy (non-hydrogen) atoms. The van der Waals surface area contributed by atoms with E-state index in [1.54, 1.807) is 24.9 Å². The lowest BCUT2D eigenvalue weighted by atomic mass is 10.1. The van der Waals surface area contributed by atoms with Gasteiger partial charge in [-0.3, -0.25) is 14.8 Å². The van der Waals surface area contributed by atoms with Crippen LogP contribution in [0, 0.1) is 0 Å². The maximum Gasteiger partial charge on any atom is 0.355 e. The average molecular weight is 373 g/mol. The van der Waals surface area contributed by atoms with Gasteiger partial charge in [-0.2, -0.15) is 0 Å². The molecule has 0 aromatic carbocycles. The van der Waals surface area contributed by atoms with Gasteiger partial charge in [0.1, 0.15) is 22.1 Å². The lowest BCUT2D eigenvalue weighted by Crippen LogP contribution is -2.68. The standard InChI is InChI=1S/C12H15N5O3S3/c1-2-20-12(19)9-6(22-5-23-7-3-14-16-15-7)4-21-11-8(13)10(18)17(9)11/h3,8,11H,2,4-5,13H2,1H3,(H,14,15,16)/t8?,11-/m0/s1. The highest BCUT2D eigenvalue weighted by Gasteiger charge is 2.52. The summed E-state index contributed by atoms with van der Waals surface area (Å²) in [6, 6.07) is -0.540. The van der Waals surface area contributed by atoms with Crippen LogP contribution in [0.5, 0.6) is 0 Å². The van der Waals surface area contributed by atoms with Crippen LogP contribution >= 0.6 is 35.3 Å². The summed E-state index contributed by atoms with van der Waals surface area (Å²) in [5.41, 5.74) is 6.15. The van der Waals surface area contributed by atoms with E-state index in [1.165, 1.54) is 28.4 Å². The van der Waals surface area contributed by atoms with Crippen LogP contribution in [0.2, 0.25) is 0 Å². The molecule has 0 aliphatic carbocycles. The van der Waals surface area contributed by atoms with Crippen molar-refractivity contribution in [1.82, 2.24) is 20.3 Å². The zero-order chi connectivity index (χ0) is 16.4. The molecule has 11 heteroatoms. The number of aromatic amines is 1. The Labute approximate surface area is 145 Å². The van der Waals surface area contributed by atoms with E-state index in [0.29, 0.717) is 16.5 Å². The summed E-state index contributed by atoms with van der Waals surface area (Å²) >= 11 is 4.61. The highest BCUT2D eigenvalue weighted by Crippen LogP contribution is 2.43. The van der Waals surface area contributed by atoms with E-state index < -0.39 is 12.0 Å². The number of β-lactam (4-membered cyclic amide) rings is 1. The van der Waals surface area contributed by atoms with E-state index >= 15 is 0 Å². The molecule has 1 aromatic heterocycles. The van der Waals surface area contributed by atoms with Crippen molar-refractivity contribution in [2.45, 2.75) is 23.4 Å².